The van der Waals surface area contributed by atoms with Gasteiger partial charge < -0.3 is 9.47 Å². The van der Waals surface area contributed by atoms with E-state index in [0.717, 1.165) is 99.3 Å². The first-order valence-corrected chi connectivity index (χ1v) is 30.1. The van der Waals surface area contributed by atoms with E-state index < -0.39 is 0 Å². The van der Waals surface area contributed by atoms with E-state index in [4.69, 9.17) is 9.47 Å². The summed E-state index contributed by atoms with van der Waals surface area (Å²) in [6.07, 6.45) is 18.5. The Hall–Kier alpha value is -5.56. The standard InChI is InChI=1S/C68H80O4S2/c1-7-13-17-19-23-55(21-15-9-3)67(69)71-61(11-5)53-37-33-49(34-38-53)47-25-29-51(30-26-47)57-41-43-59-63(45-57)73-66-60-44-42-58(46-64(60)74-65(59)66)52-31-27-48(28-32-52)50-35-39-54(40-36-50)62(12-6)72-68(70)56(22-16-10-4)24-20-18-14-8-2/h25-46,55-56,61-62H,7-24H2,1-6H3. The number of hydrogen-bond donors (Lipinski definition) is 0. The van der Waals surface area contributed by atoms with E-state index in [2.05, 4.69) is 175 Å². The van der Waals surface area contributed by atoms with Crippen molar-refractivity contribution in [2.45, 2.75) is 169 Å². The molecular formula is C68H80O4S2. The molecule has 0 aliphatic heterocycles. The topological polar surface area (TPSA) is 52.6 Å². The number of ether oxygens (including phenoxy) is 2. The molecule has 4 unspecified atom stereocenters. The maximum atomic E-state index is 13.4. The van der Waals surface area contributed by atoms with E-state index in [1.165, 1.54) is 101 Å². The zero-order valence-electron chi connectivity index (χ0n) is 45.2. The summed E-state index contributed by atoms with van der Waals surface area (Å²) in [5.74, 6) is -0.0489. The van der Waals surface area contributed by atoms with Crippen LogP contribution in [0.3, 0.4) is 0 Å². The first-order chi connectivity index (χ1) is 36.2. The SMILES string of the molecule is CCCCCCC(CCCC)C(=O)OC(CC)c1ccc(-c2ccc(-c3ccc4c(c3)sc3c5ccc(-c6ccc(-c7ccc(C(CC)OC(=O)C(CCCC)CCCCCC)cc7)cc6)cc5sc43)cc2)cc1. The third kappa shape index (κ3) is 13.6. The minimum atomic E-state index is -0.225. The van der Waals surface area contributed by atoms with Crippen LogP contribution in [0.1, 0.15) is 180 Å². The van der Waals surface area contributed by atoms with Gasteiger partial charge in [0.1, 0.15) is 12.2 Å². The Kier molecular flexibility index (Phi) is 20.2. The average molecular weight is 1030 g/mol. The number of esters is 2. The van der Waals surface area contributed by atoms with E-state index in [1.807, 2.05) is 22.7 Å². The molecule has 0 bridgehead atoms. The molecule has 0 amide bonds. The Morgan fingerprint density at radius 3 is 0.986 bits per heavy atom. The van der Waals surface area contributed by atoms with Crippen molar-refractivity contribution in [2.24, 2.45) is 11.8 Å². The van der Waals surface area contributed by atoms with Gasteiger partial charge in [-0.3, -0.25) is 9.59 Å². The summed E-state index contributed by atoms with van der Waals surface area (Å²) >= 11 is 3.79. The van der Waals surface area contributed by atoms with Gasteiger partial charge in [0.05, 0.1) is 21.2 Å². The molecule has 8 rings (SSSR count). The van der Waals surface area contributed by atoms with Crippen LogP contribution < -0.4 is 0 Å². The van der Waals surface area contributed by atoms with Gasteiger partial charge in [0.25, 0.3) is 0 Å². The highest BCUT2D eigenvalue weighted by Crippen LogP contribution is 2.46. The van der Waals surface area contributed by atoms with Crippen LogP contribution in [0.15, 0.2) is 133 Å². The lowest BCUT2D eigenvalue weighted by atomic mass is 9.95. The van der Waals surface area contributed by atoms with Crippen molar-refractivity contribution in [1.82, 2.24) is 0 Å². The number of carbonyl (C=O) groups is 2. The monoisotopic (exact) mass is 1020 g/mol. The van der Waals surface area contributed by atoms with E-state index in [1.54, 1.807) is 0 Å². The van der Waals surface area contributed by atoms with Crippen molar-refractivity contribution in [3.63, 3.8) is 0 Å². The summed E-state index contributed by atoms with van der Waals surface area (Å²) in [5.41, 5.74) is 11.6. The maximum absolute atomic E-state index is 13.4. The van der Waals surface area contributed by atoms with E-state index in [-0.39, 0.29) is 36.0 Å². The number of benzene rings is 6. The molecule has 74 heavy (non-hydrogen) atoms. The molecule has 0 fully saturated rings. The Bertz CT molecular complexity index is 2810. The molecular weight excluding hydrogens is 945 g/mol. The van der Waals surface area contributed by atoms with Crippen LogP contribution in [0.25, 0.3) is 74.1 Å². The lowest BCUT2D eigenvalue weighted by Crippen LogP contribution is -2.20. The Labute approximate surface area is 450 Å². The molecule has 0 N–H and O–H groups in total. The predicted octanol–water partition coefficient (Wildman–Crippen LogP) is 21.5. The zero-order valence-corrected chi connectivity index (χ0v) is 46.8. The molecule has 0 aliphatic rings. The van der Waals surface area contributed by atoms with Crippen molar-refractivity contribution in [2.75, 3.05) is 0 Å². The van der Waals surface area contributed by atoms with Gasteiger partial charge in [-0.1, -0.05) is 240 Å². The molecule has 0 aliphatic carbocycles. The second-order valence-electron chi connectivity index (χ2n) is 20.7. The Morgan fingerprint density at radius 2 is 0.662 bits per heavy atom. The molecule has 0 saturated heterocycles. The van der Waals surface area contributed by atoms with Crippen molar-refractivity contribution in [3.8, 4) is 44.5 Å². The van der Waals surface area contributed by atoms with Crippen molar-refractivity contribution < 1.29 is 19.1 Å². The Morgan fingerprint density at radius 1 is 0.365 bits per heavy atom. The van der Waals surface area contributed by atoms with Crippen LogP contribution in [-0.2, 0) is 19.1 Å². The fourth-order valence-corrected chi connectivity index (χ4v) is 13.4. The number of fused-ring (bicyclic) bond motifs is 5. The molecule has 4 atom stereocenters. The lowest BCUT2D eigenvalue weighted by Gasteiger charge is -2.22. The molecule has 0 saturated carbocycles. The van der Waals surface area contributed by atoms with E-state index >= 15 is 0 Å². The van der Waals surface area contributed by atoms with Gasteiger partial charge in [-0.05, 0) is 106 Å². The van der Waals surface area contributed by atoms with Crippen LogP contribution in [0, 0.1) is 11.8 Å². The van der Waals surface area contributed by atoms with E-state index in [9.17, 15) is 9.59 Å². The minimum absolute atomic E-state index is 0.00118. The van der Waals surface area contributed by atoms with Gasteiger partial charge in [0.2, 0.25) is 0 Å². The molecule has 2 aromatic heterocycles. The number of carbonyl (C=O) groups excluding carboxylic acids is 2. The molecule has 0 radical (unpaired) electrons. The number of unbranched alkanes of at least 4 members (excludes halogenated alkanes) is 8. The summed E-state index contributed by atoms with van der Waals surface area (Å²) < 4.78 is 17.7. The highest BCUT2D eigenvalue weighted by Gasteiger charge is 2.25. The van der Waals surface area contributed by atoms with Gasteiger partial charge in [-0.15, -0.1) is 22.7 Å². The lowest BCUT2D eigenvalue weighted by molar-refractivity contribution is -0.156. The molecule has 6 aromatic carbocycles. The van der Waals surface area contributed by atoms with E-state index in [0.29, 0.717) is 0 Å². The number of hydrogen-bond acceptors (Lipinski definition) is 6. The number of thiophene rings is 2. The van der Waals surface area contributed by atoms with Crippen LogP contribution in [0.2, 0.25) is 0 Å². The highest BCUT2D eigenvalue weighted by atomic mass is 32.1. The van der Waals surface area contributed by atoms with Crippen molar-refractivity contribution >= 4 is 64.2 Å². The molecule has 4 nitrogen and oxygen atoms in total. The fraction of sp³-hybridized carbons (Fsp3) is 0.412. The number of rotatable bonds is 28. The van der Waals surface area contributed by atoms with Gasteiger partial charge in [-0.25, -0.2) is 0 Å². The maximum Gasteiger partial charge on any atom is 0.309 e. The van der Waals surface area contributed by atoms with Crippen LogP contribution in [-0.4, -0.2) is 11.9 Å². The van der Waals surface area contributed by atoms with Crippen LogP contribution in [0.4, 0.5) is 0 Å². The molecule has 0 spiro atoms. The summed E-state index contributed by atoms with van der Waals surface area (Å²) in [5, 5.41) is 2.64. The second kappa shape index (κ2) is 27.3. The molecule has 6 heteroatoms. The normalized spacial score (nSPS) is 13.3. The van der Waals surface area contributed by atoms with Crippen molar-refractivity contribution in [1.29, 1.82) is 0 Å². The summed E-state index contributed by atoms with van der Waals surface area (Å²) in [7, 11) is 0. The average Bonchev–Trinajstić information content (AvgIpc) is 3.99. The summed E-state index contributed by atoms with van der Waals surface area (Å²) in [6.45, 7) is 13.1. The smallest absolute Gasteiger partial charge is 0.309 e. The minimum Gasteiger partial charge on any atom is -0.457 e. The molecule has 388 valence electrons. The van der Waals surface area contributed by atoms with Crippen LogP contribution >= 0.6 is 22.7 Å². The van der Waals surface area contributed by atoms with Crippen LogP contribution in [0.5, 0.6) is 0 Å². The third-order valence-corrected chi connectivity index (χ3v) is 17.8. The Balaban J connectivity index is 0.895. The van der Waals surface area contributed by atoms with Crippen molar-refractivity contribution in [3.05, 3.63) is 145 Å². The zero-order chi connectivity index (χ0) is 51.8. The summed E-state index contributed by atoms with van der Waals surface area (Å²) in [6, 6.07) is 48.9. The van der Waals surface area contributed by atoms with Gasteiger partial charge in [0.15, 0.2) is 0 Å². The fourth-order valence-electron chi connectivity index (χ4n) is 10.6. The predicted molar refractivity (Wildman–Crippen MR) is 318 cm³/mol. The largest absolute Gasteiger partial charge is 0.457 e. The van der Waals surface area contributed by atoms with Gasteiger partial charge in [0, 0.05) is 20.2 Å². The van der Waals surface area contributed by atoms with Gasteiger partial charge >= 0.3 is 11.9 Å². The highest BCUT2D eigenvalue weighted by molar-refractivity contribution is 7.36. The third-order valence-electron chi connectivity index (χ3n) is 15.3. The first-order valence-electron chi connectivity index (χ1n) is 28.5. The molecule has 8 aromatic rings. The quantitative estimate of drug-likeness (QED) is 0.0362. The van der Waals surface area contributed by atoms with Gasteiger partial charge in [-0.2, -0.15) is 0 Å². The first kappa shape index (κ1) is 54.7. The molecule has 2 heterocycles. The second-order valence-corrected chi connectivity index (χ2v) is 22.8. The summed E-state index contributed by atoms with van der Waals surface area (Å²) in [4.78, 5) is 26.8.